The molecule has 0 heterocycles. The van der Waals surface area contributed by atoms with Crippen LogP contribution < -0.4 is 30.4 Å². The van der Waals surface area contributed by atoms with Gasteiger partial charge in [-0.25, -0.2) is 9.59 Å². The second kappa shape index (κ2) is 31.3. The largest absolute Gasteiger partial charge is 0.494 e. The van der Waals surface area contributed by atoms with Crippen LogP contribution in [0.15, 0.2) is 158 Å². The fourth-order valence-electron chi connectivity index (χ4n) is 9.99. The molecule has 0 aliphatic heterocycles. The number of benzene rings is 6. The molecule has 6 aromatic carbocycles. The van der Waals surface area contributed by atoms with Gasteiger partial charge in [-0.1, -0.05) is 138 Å². The lowest BCUT2D eigenvalue weighted by Gasteiger charge is -2.47. The van der Waals surface area contributed by atoms with Gasteiger partial charge in [0.1, 0.15) is 23.0 Å². The fourth-order valence-corrected chi connectivity index (χ4v) is 9.99. The Morgan fingerprint density at radius 1 is 0.443 bits per heavy atom. The van der Waals surface area contributed by atoms with Crippen LogP contribution in [-0.2, 0) is 43.9 Å². The van der Waals surface area contributed by atoms with Crippen molar-refractivity contribution < 1.29 is 48.3 Å². The molecule has 0 unspecified atom stereocenters. The van der Waals surface area contributed by atoms with E-state index in [1.165, 1.54) is 23.3 Å². The highest BCUT2D eigenvalue weighted by Crippen LogP contribution is 2.52. The Kier molecular flexibility index (Phi) is 23.8. The van der Waals surface area contributed by atoms with Crippen LogP contribution in [0.5, 0.6) is 23.0 Å². The predicted molar refractivity (Wildman–Crippen MR) is 314 cm³/mol. The number of ether oxygens (including phenoxy) is 4. The van der Waals surface area contributed by atoms with Crippen molar-refractivity contribution in [3.8, 4) is 23.0 Å². The smallest absolute Gasteiger partial charge is 0.336 e. The van der Waals surface area contributed by atoms with Gasteiger partial charge in [0.25, 0.3) is 0 Å². The van der Waals surface area contributed by atoms with Gasteiger partial charge in [0, 0.05) is 35.4 Å². The molecule has 6 aromatic rings. The summed E-state index contributed by atoms with van der Waals surface area (Å²) in [6.45, 7) is 5.22. The molecule has 0 aliphatic carbocycles. The second-order valence-corrected chi connectivity index (χ2v) is 20.3. The van der Waals surface area contributed by atoms with Crippen molar-refractivity contribution in [1.29, 1.82) is 0 Å². The molecule has 6 rings (SSSR count). The minimum Gasteiger partial charge on any atom is -0.494 e. The van der Waals surface area contributed by atoms with Gasteiger partial charge in [-0.15, -0.1) is 0 Å². The van der Waals surface area contributed by atoms with E-state index in [0.717, 1.165) is 88.2 Å². The van der Waals surface area contributed by atoms with Crippen molar-refractivity contribution in [2.45, 2.75) is 128 Å². The maximum absolute atomic E-state index is 13.9. The number of esters is 2. The van der Waals surface area contributed by atoms with Gasteiger partial charge in [0.15, 0.2) is 5.41 Å². The van der Waals surface area contributed by atoms with E-state index >= 15 is 0 Å². The number of carboxylic acids is 2. The molecule has 0 fully saturated rings. The zero-order chi connectivity index (χ0) is 56.3. The first-order valence-electron chi connectivity index (χ1n) is 27.9. The number of rotatable bonds is 34. The molecular formula is C67H78N2O10. The summed E-state index contributed by atoms with van der Waals surface area (Å²) in [6.07, 6.45) is 18.6. The third kappa shape index (κ3) is 18.5. The monoisotopic (exact) mass is 1070 g/mol. The number of nitrogen functional groups attached to an aromatic ring is 2. The number of aliphatic carboxylic acids is 2. The Balaban J connectivity index is 1.03. The Morgan fingerprint density at radius 2 is 0.810 bits per heavy atom. The minimum atomic E-state index is -2.24. The summed E-state index contributed by atoms with van der Waals surface area (Å²) in [5.41, 5.74) is 14.9. The minimum absolute atomic E-state index is 0.247. The van der Waals surface area contributed by atoms with Crippen LogP contribution in [0.4, 0.5) is 11.4 Å². The molecular weight excluding hydrogens is 993 g/mol. The van der Waals surface area contributed by atoms with Crippen molar-refractivity contribution >= 4 is 47.4 Å². The molecule has 12 nitrogen and oxygen atoms in total. The Morgan fingerprint density at radius 3 is 1.20 bits per heavy atom. The standard InChI is InChI=1S/C67H78N2O10/c1-3-5-15-50-23-39-60(40-24-50)78-62(70)43-27-52-19-35-58(36-20-52)76-47-13-9-7-11-45-66(55-29-33-57(69)34-30-55,67(64(72)73,65(74)75)49-54-17-31-56(68)32-18-54)46-12-8-10-14-48-77-59-37-21-53(22-38-59)28-44-63(71)79-61-41-25-51(26-42-61)16-6-4-2/h17-44H,3-16,45-49,68-69H2,1-2H3,(H,72,73)(H,74,75). The quantitative estimate of drug-likeness (QED) is 0.00746. The Bertz CT molecular complexity index is 2730. The highest BCUT2D eigenvalue weighted by molar-refractivity contribution is 6.01. The summed E-state index contributed by atoms with van der Waals surface area (Å²) >= 11 is 0. The first-order valence-corrected chi connectivity index (χ1v) is 27.9. The average molecular weight is 1070 g/mol. The number of carboxylic acid groups (broad SMARTS) is 2. The number of carbonyl (C=O) groups excluding carboxylic acids is 2. The molecule has 0 saturated carbocycles. The lowest BCUT2D eigenvalue weighted by molar-refractivity contribution is -0.172. The molecule has 12 heteroatoms. The first kappa shape index (κ1) is 60.1. The van der Waals surface area contributed by atoms with E-state index in [0.29, 0.717) is 84.4 Å². The van der Waals surface area contributed by atoms with Crippen LogP contribution in [0.1, 0.15) is 137 Å². The van der Waals surface area contributed by atoms with Gasteiger partial charge in [-0.2, -0.15) is 0 Å². The predicted octanol–water partition coefficient (Wildman–Crippen LogP) is 14.5. The van der Waals surface area contributed by atoms with Crippen LogP contribution in [0.2, 0.25) is 0 Å². The topological polar surface area (TPSA) is 198 Å². The molecule has 79 heavy (non-hydrogen) atoms. The summed E-state index contributed by atoms with van der Waals surface area (Å²) in [5.74, 6) is -1.34. The SMILES string of the molecule is CCCCc1ccc(OC(=O)C=Cc2ccc(OCCCCCCC(CCCCCCOc3ccc(C=CC(=O)Oc4ccc(CCCC)cc4)cc3)(c3ccc(N)cc3)C(Cc3ccc(N)cc3)(C(=O)O)C(=O)O)cc2)cc1. The number of hydrogen-bond donors (Lipinski definition) is 4. The highest BCUT2D eigenvalue weighted by atomic mass is 16.5. The van der Waals surface area contributed by atoms with Crippen LogP contribution >= 0.6 is 0 Å². The molecule has 0 bridgehead atoms. The van der Waals surface area contributed by atoms with Crippen molar-refractivity contribution in [2.75, 3.05) is 24.7 Å². The van der Waals surface area contributed by atoms with Crippen molar-refractivity contribution in [3.63, 3.8) is 0 Å². The van der Waals surface area contributed by atoms with Gasteiger partial charge < -0.3 is 40.6 Å². The number of anilines is 2. The normalized spacial score (nSPS) is 12.3. The van der Waals surface area contributed by atoms with Crippen molar-refractivity contribution in [3.05, 3.63) is 191 Å². The van der Waals surface area contributed by atoms with Crippen molar-refractivity contribution in [1.82, 2.24) is 0 Å². The molecule has 0 saturated heterocycles. The highest BCUT2D eigenvalue weighted by Gasteiger charge is 2.62. The summed E-state index contributed by atoms with van der Waals surface area (Å²) in [6, 6.07) is 43.8. The third-order valence-electron chi connectivity index (χ3n) is 14.5. The van der Waals surface area contributed by atoms with E-state index in [-0.39, 0.29) is 6.42 Å². The zero-order valence-electron chi connectivity index (χ0n) is 45.9. The maximum Gasteiger partial charge on any atom is 0.336 e. The lowest BCUT2D eigenvalue weighted by Crippen LogP contribution is -2.57. The van der Waals surface area contributed by atoms with E-state index in [9.17, 15) is 29.4 Å². The summed E-state index contributed by atoms with van der Waals surface area (Å²) in [7, 11) is 0. The van der Waals surface area contributed by atoms with Crippen LogP contribution in [0.3, 0.4) is 0 Å². The fraction of sp³-hybridized carbons (Fsp3) is 0.343. The molecule has 0 radical (unpaired) electrons. The number of aryl methyl sites for hydroxylation is 2. The molecule has 0 amide bonds. The van der Waals surface area contributed by atoms with Crippen LogP contribution in [-0.4, -0.2) is 47.3 Å². The summed E-state index contributed by atoms with van der Waals surface area (Å²) < 4.78 is 23.1. The summed E-state index contributed by atoms with van der Waals surface area (Å²) in [5, 5.41) is 22.6. The van der Waals surface area contributed by atoms with E-state index in [1.807, 2.05) is 97.1 Å². The molecule has 0 aliphatic rings. The van der Waals surface area contributed by atoms with E-state index < -0.39 is 34.7 Å². The van der Waals surface area contributed by atoms with Gasteiger partial charge >= 0.3 is 23.9 Å². The molecule has 0 aromatic heterocycles. The van der Waals surface area contributed by atoms with Gasteiger partial charge in [-0.3, -0.25) is 9.59 Å². The number of hydrogen-bond acceptors (Lipinski definition) is 10. The van der Waals surface area contributed by atoms with Gasteiger partial charge in [0.2, 0.25) is 0 Å². The van der Waals surface area contributed by atoms with Crippen molar-refractivity contribution in [2.24, 2.45) is 5.41 Å². The van der Waals surface area contributed by atoms with Crippen LogP contribution in [0, 0.1) is 5.41 Å². The summed E-state index contributed by atoms with van der Waals surface area (Å²) in [4.78, 5) is 52.8. The Labute approximate surface area is 466 Å². The van der Waals surface area contributed by atoms with Gasteiger partial charge in [0.05, 0.1) is 13.2 Å². The first-order chi connectivity index (χ1) is 38.3. The zero-order valence-corrected chi connectivity index (χ0v) is 45.9. The number of nitrogens with two attached hydrogens (primary N) is 2. The number of carbonyl (C=O) groups is 4. The van der Waals surface area contributed by atoms with E-state index in [2.05, 4.69) is 13.8 Å². The van der Waals surface area contributed by atoms with Crippen LogP contribution in [0.25, 0.3) is 12.2 Å². The molecule has 416 valence electrons. The Hall–Kier alpha value is -8.12. The number of unbranched alkanes of at least 4 members (excludes halogenated alkanes) is 8. The molecule has 6 N–H and O–H groups in total. The molecule has 0 atom stereocenters. The third-order valence-corrected chi connectivity index (χ3v) is 14.5. The van der Waals surface area contributed by atoms with E-state index in [1.54, 1.807) is 60.7 Å². The maximum atomic E-state index is 13.9. The lowest BCUT2D eigenvalue weighted by atomic mass is 9.53. The molecule has 0 spiro atoms. The second-order valence-electron chi connectivity index (χ2n) is 20.3. The average Bonchev–Trinajstić information content (AvgIpc) is 3.59. The van der Waals surface area contributed by atoms with Gasteiger partial charge in [-0.05, 0) is 170 Å². The van der Waals surface area contributed by atoms with E-state index in [4.69, 9.17) is 30.4 Å².